The molecule has 6 heteroatoms. The van der Waals surface area contributed by atoms with Crippen molar-refractivity contribution in [1.29, 1.82) is 0 Å². The molecule has 3 N–H and O–H groups in total. The van der Waals surface area contributed by atoms with Crippen molar-refractivity contribution in [3.05, 3.63) is 0 Å². The Balaban J connectivity index is 1.60. The zero-order valence-electron chi connectivity index (χ0n) is 13.5. The van der Waals surface area contributed by atoms with Gasteiger partial charge in [0.25, 0.3) is 0 Å². The van der Waals surface area contributed by atoms with Crippen LogP contribution in [-0.2, 0) is 4.79 Å². The van der Waals surface area contributed by atoms with Crippen molar-refractivity contribution < 1.29 is 9.90 Å². The number of piperidine rings is 1. The van der Waals surface area contributed by atoms with E-state index in [1.807, 2.05) is 0 Å². The first-order valence-electron chi connectivity index (χ1n) is 8.49. The summed E-state index contributed by atoms with van der Waals surface area (Å²) in [5, 5.41) is 16.8. The Kier molecular flexibility index (Phi) is 4.30. The van der Waals surface area contributed by atoms with Gasteiger partial charge >= 0.3 is 0 Å². The molecule has 2 aliphatic heterocycles. The van der Waals surface area contributed by atoms with Crippen molar-refractivity contribution in [1.82, 2.24) is 15.5 Å². The predicted octanol–water partition coefficient (Wildman–Crippen LogP) is 0.469. The topological polar surface area (TPSA) is 77.0 Å². The third kappa shape index (κ3) is 3.21. The Labute approximate surface area is 132 Å². The van der Waals surface area contributed by atoms with E-state index in [0.29, 0.717) is 13.0 Å². The Hall–Kier alpha value is -1.30. The van der Waals surface area contributed by atoms with Crippen LogP contribution in [0.15, 0.2) is 4.99 Å². The van der Waals surface area contributed by atoms with Gasteiger partial charge in [0.1, 0.15) is 0 Å². The van der Waals surface area contributed by atoms with E-state index in [9.17, 15) is 9.90 Å². The lowest BCUT2D eigenvalue weighted by atomic mass is 9.79. The molecule has 1 unspecified atom stereocenters. The molecule has 3 fully saturated rings. The zero-order valence-corrected chi connectivity index (χ0v) is 13.5. The Morgan fingerprint density at radius 3 is 2.77 bits per heavy atom. The lowest BCUT2D eigenvalue weighted by Crippen LogP contribution is -2.53. The first-order chi connectivity index (χ1) is 10.5. The first-order valence-corrected chi connectivity index (χ1v) is 8.49. The summed E-state index contributed by atoms with van der Waals surface area (Å²) in [5.41, 5.74) is -0.508. The van der Waals surface area contributed by atoms with Gasteiger partial charge in [0.05, 0.1) is 5.60 Å². The average Bonchev–Trinajstić information content (AvgIpc) is 3.07. The fraction of sp³-hybridized carbons (Fsp3) is 0.875. The maximum absolute atomic E-state index is 11.6. The third-order valence-corrected chi connectivity index (χ3v) is 5.48. The minimum Gasteiger partial charge on any atom is -0.388 e. The van der Waals surface area contributed by atoms with Crippen LogP contribution in [0, 0.1) is 5.41 Å². The van der Waals surface area contributed by atoms with Crippen LogP contribution in [0.4, 0.5) is 0 Å². The van der Waals surface area contributed by atoms with Crippen LogP contribution in [0.2, 0.25) is 0 Å². The van der Waals surface area contributed by atoms with Crippen molar-refractivity contribution in [3.8, 4) is 0 Å². The van der Waals surface area contributed by atoms with Crippen LogP contribution < -0.4 is 10.6 Å². The summed E-state index contributed by atoms with van der Waals surface area (Å²) in [6.45, 7) is 3.18. The number of aliphatic hydroxyl groups is 1. The molecule has 0 aromatic heterocycles. The van der Waals surface area contributed by atoms with E-state index in [1.165, 1.54) is 0 Å². The summed E-state index contributed by atoms with van der Waals surface area (Å²) >= 11 is 0. The van der Waals surface area contributed by atoms with Gasteiger partial charge in [-0.3, -0.25) is 9.79 Å². The molecule has 1 atom stereocenters. The Bertz CT molecular complexity index is 459. The highest BCUT2D eigenvalue weighted by Gasteiger charge is 2.42. The van der Waals surface area contributed by atoms with E-state index in [1.54, 1.807) is 7.05 Å². The standard InChI is InChI=1S/C16H28N4O2/c1-17-14(19-11-16(22)6-2-3-7-16)20-8-4-5-15(12-20)9-13(21)18-10-15/h22H,2-12H2,1H3,(H,17,19)(H,18,21). The smallest absolute Gasteiger partial charge is 0.220 e. The van der Waals surface area contributed by atoms with Gasteiger partial charge in [0.15, 0.2) is 5.96 Å². The van der Waals surface area contributed by atoms with Gasteiger partial charge in [-0.25, -0.2) is 0 Å². The molecule has 1 amide bonds. The van der Waals surface area contributed by atoms with Gasteiger partial charge in [-0.2, -0.15) is 0 Å². The van der Waals surface area contributed by atoms with Crippen LogP contribution >= 0.6 is 0 Å². The van der Waals surface area contributed by atoms with E-state index < -0.39 is 5.60 Å². The van der Waals surface area contributed by atoms with Gasteiger partial charge in [-0.05, 0) is 25.7 Å². The molecule has 0 aromatic rings. The Morgan fingerprint density at radius 2 is 2.14 bits per heavy atom. The lowest BCUT2D eigenvalue weighted by molar-refractivity contribution is -0.119. The van der Waals surface area contributed by atoms with Crippen molar-refractivity contribution in [2.45, 2.75) is 50.5 Å². The number of nitrogens with zero attached hydrogens (tertiary/aromatic N) is 2. The molecule has 2 saturated heterocycles. The number of likely N-dealkylation sites (tertiary alicyclic amines) is 1. The number of nitrogens with one attached hydrogen (secondary N) is 2. The normalized spacial score (nSPS) is 31.6. The van der Waals surface area contributed by atoms with Crippen molar-refractivity contribution in [2.75, 3.05) is 33.2 Å². The molecule has 1 spiro atoms. The van der Waals surface area contributed by atoms with E-state index in [0.717, 1.165) is 64.1 Å². The van der Waals surface area contributed by atoms with Crippen molar-refractivity contribution in [3.63, 3.8) is 0 Å². The van der Waals surface area contributed by atoms with E-state index in [-0.39, 0.29) is 11.3 Å². The third-order valence-electron chi connectivity index (χ3n) is 5.48. The average molecular weight is 308 g/mol. The molecule has 1 aliphatic carbocycles. The van der Waals surface area contributed by atoms with Crippen molar-refractivity contribution >= 4 is 11.9 Å². The molecular weight excluding hydrogens is 280 g/mol. The van der Waals surface area contributed by atoms with E-state index in [4.69, 9.17) is 0 Å². The quantitative estimate of drug-likeness (QED) is 0.512. The number of rotatable bonds is 2. The molecule has 2 heterocycles. The van der Waals surface area contributed by atoms with Gasteiger partial charge in [-0.15, -0.1) is 0 Å². The molecule has 124 valence electrons. The second-order valence-corrected chi connectivity index (χ2v) is 7.31. The van der Waals surface area contributed by atoms with Crippen LogP contribution in [0.3, 0.4) is 0 Å². The molecule has 0 bridgehead atoms. The predicted molar refractivity (Wildman–Crippen MR) is 85.6 cm³/mol. The SMILES string of the molecule is CN=C(NCC1(O)CCCC1)N1CCCC2(CNC(=O)C2)C1. The van der Waals surface area contributed by atoms with Crippen molar-refractivity contribution in [2.24, 2.45) is 10.4 Å². The zero-order chi connectivity index (χ0) is 15.6. The molecular formula is C16H28N4O2. The number of aliphatic imine (C=N–C) groups is 1. The summed E-state index contributed by atoms with van der Waals surface area (Å²) in [7, 11) is 1.79. The summed E-state index contributed by atoms with van der Waals surface area (Å²) < 4.78 is 0. The van der Waals surface area contributed by atoms with Crippen LogP contribution in [-0.4, -0.2) is 60.7 Å². The van der Waals surface area contributed by atoms with Crippen LogP contribution in [0.25, 0.3) is 0 Å². The highest BCUT2D eigenvalue weighted by Crippen LogP contribution is 2.36. The molecule has 6 nitrogen and oxygen atoms in total. The highest BCUT2D eigenvalue weighted by atomic mass is 16.3. The number of hydrogen-bond acceptors (Lipinski definition) is 3. The molecule has 22 heavy (non-hydrogen) atoms. The number of guanidine groups is 1. The first kappa shape index (κ1) is 15.6. The monoisotopic (exact) mass is 308 g/mol. The molecule has 3 rings (SSSR count). The summed E-state index contributed by atoms with van der Waals surface area (Å²) in [6.07, 6.45) is 6.78. The summed E-state index contributed by atoms with van der Waals surface area (Å²) in [4.78, 5) is 18.2. The summed E-state index contributed by atoms with van der Waals surface area (Å²) in [6, 6.07) is 0. The van der Waals surface area contributed by atoms with Gasteiger partial charge in [0.2, 0.25) is 5.91 Å². The van der Waals surface area contributed by atoms with Gasteiger partial charge in [0, 0.05) is 45.1 Å². The maximum atomic E-state index is 11.6. The van der Waals surface area contributed by atoms with Crippen LogP contribution in [0.5, 0.6) is 0 Å². The fourth-order valence-corrected chi connectivity index (χ4v) is 4.21. The second kappa shape index (κ2) is 6.07. The van der Waals surface area contributed by atoms with E-state index in [2.05, 4.69) is 20.5 Å². The fourth-order valence-electron chi connectivity index (χ4n) is 4.21. The van der Waals surface area contributed by atoms with Gasteiger partial charge in [-0.1, -0.05) is 12.8 Å². The number of hydrogen-bond donors (Lipinski definition) is 3. The molecule has 0 aromatic carbocycles. The largest absolute Gasteiger partial charge is 0.388 e. The lowest BCUT2D eigenvalue weighted by Gasteiger charge is -2.41. The molecule has 0 radical (unpaired) electrons. The molecule has 1 saturated carbocycles. The Morgan fingerprint density at radius 1 is 1.36 bits per heavy atom. The second-order valence-electron chi connectivity index (χ2n) is 7.31. The minimum atomic E-state index is -0.575. The molecule has 3 aliphatic rings. The maximum Gasteiger partial charge on any atom is 0.220 e. The van der Waals surface area contributed by atoms with Crippen LogP contribution in [0.1, 0.15) is 44.9 Å². The van der Waals surface area contributed by atoms with E-state index >= 15 is 0 Å². The number of carbonyl (C=O) groups excluding carboxylic acids is 1. The highest BCUT2D eigenvalue weighted by molar-refractivity contribution is 5.81. The van der Waals surface area contributed by atoms with Gasteiger partial charge < -0.3 is 20.6 Å². The minimum absolute atomic E-state index is 0.0667. The number of amides is 1. The summed E-state index contributed by atoms with van der Waals surface area (Å²) in [5.74, 6) is 1.03. The number of carbonyl (C=O) groups is 1.